The van der Waals surface area contributed by atoms with Gasteiger partial charge in [0, 0.05) is 24.4 Å². The largest absolute Gasteiger partial charge is 0.469 e. The van der Waals surface area contributed by atoms with Gasteiger partial charge in [-0.3, -0.25) is 19.3 Å². The minimum absolute atomic E-state index is 0.0102. The quantitative estimate of drug-likeness (QED) is 0.422. The average Bonchev–Trinajstić information content (AvgIpc) is 3.41. The number of benzene rings is 1. The number of ether oxygens (including phenoxy) is 1. The third-order valence-corrected chi connectivity index (χ3v) is 6.45. The third-order valence-electron chi connectivity index (χ3n) is 6.27. The van der Waals surface area contributed by atoms with Crippen molar-refractivity contribution in [3.63, 3.8) is 0 Å². The second-order valence-corrected chi connectivity index (χ2v) is 8.22. The number of methoxy groups -OCH3 is 1. The maximum absolute atomic E-state index is 13.2. The summed E-state index contributed by atoms with van der Waals surface area (Å²) in [5.41, 5.74) is 1.79. The summed E-state index contributed by atoms with van der Waals surface area (Å²) in [6, 6.07) is 7.92. The van der Waals surface area contributed by atoms with Gasteiger partial charge in [0.15, 0.2) is 0 Å². The first kappa shape index (κ1) is 19.2. The number of esters is 1. The van der Waals surface area contributed by atoms with Crippen LogP contribution in [0.2, 0.25) is 0 Å². The second kappa shape index (κ2) is 7.74. The molecule has 0 radical (unpaired) electrons. The van der Waals surface area contributed by atoms with E-state index in [1.807, 2.05) is 29.2 Å². The van der Waals surface area contributed by atoms with Crippen molar-refractivity contribution in [1.29, 1.82) is 0 Å². The van der Waals surface area contributed by atoms with E-state index >= 15 is 0 Å². The Labute approximate surface area is 169 Å². The molecular formula is C21H25ClN2O4. The minimum Gasteiger partial charge on any atom is -0.469 e. The Morgan fingerprint density at radius 3 is 2.57 bits per heavy atom. The zero-order chi connectivity index (χ0) is 19.8. The standard InChI is InChI=1S/C21H25ClN2O4/c1-28-19(26)12-11-18(25)23(13-9-10-13)20-14-5-2-3-7-16(14)24(21(22)27)17-8-4-6-15(17)20/h2-3,5,7,13,15,17,20H,4,6,8-12H2,1H3. The highest BCUT2D eigenvalue weighted by Crippen LogP contribution is 2.52. The van der Waals surface area contributed by atoms with Gasteiger partial charge in [-0.2, -0.15) is 0 Å². The Kier molecular flexibility index (Phi) is 5.32. The van der Waals surface area contributed by atoms with Gasteiger partial charge in [-0.05, 0) is 48.9 Å². The van der Waals surface area contributed by atoms with E-state index in [-0.39, 0.29) is 48.8 Å². The van der Waals surface area contributed by atoms with Crippen molar-refractivity contribution in [3.8, 4) is 0 Å². The van der Waals surface area contributed by atoms with Gasteiger partial charge in [-0.25, -0.2) is 0 Å². The highest BCUT2D eigenvalue weighted by Gasteiger charge is 2.51. The predicted octanol–water partition coefficient (Wildman–Crippen LogP) is 4.02. The smallest absolute Gasteiger partial charge is 0.321 e. The maximum Gasteiger partial charge on any atom is 0.321 e. The fourth-order valence-electron chi connectivity index (χ4n) is 4.98. The van der Waals surface area contributed by atoms with Gasteiger partial charge in [0.2, 0.25) is 5.91 Å². The zero-order valence-corrected chi connectivity index (χ0v) is 16.7. The number of fused-ring (bicyclic) bond motifs is 2. The molecule has 0 spiro atoms. The Balaban J connectivity index is 1.71. The van der Waals surface area contributed by atoms with Crippen LogP contribution in [0, 0.1) is 5.92 Å². The first-order chi connectivity index (χ1) is 13.5. The van der Waals surface area contributed by atoms with Crippen LogP contribution in [0.4, 0.5) is 10.5 Å². The Morgan fingerprint density at radius 1 is 1.14 bits per heavy atom. The normalized spacial score (nSPS) is 25.6. The number of nitrogens with zero attached hydrogens (tertiary/aromatic N) is 2. The Hall–Kier alpha value is -2.08. The number of carbonyl (C=O) groups is 3. The SMILES string of the molecule is COC(=O)CCC(=O)N(C1CC1)C1c2ccccc2N(C(=O)Cl)C2CCCC21. The highest BCUT2D eigenvalue weighted by atomic mass is 35.5. The molecule has 0 aromatic heterocycles. The lowest BCUT2D eigenvalue weighted by Gasteiger charge is -2.47. The van der Waals surface area contributed by atoms with Gasteiger partial charge >= 0.3 is 11.3 Å². The first-order valence-corrected chi connectivity index (χ1v) is 10.4. The van der Waals surface area contributed by atoms with E-state index < -0.39 is 5.37 Å². The molecule has 0 N–H and O–H groups in total. The molecule has 2 fully saturated rings. The number of halogens is 1. The topological polar surface area (TPSA) is 66.9 Å². The summed E-state index contributed by atoms with van der Waals surface area (Å²) >= 11 is 5.97. The van der Waals surface area contributed by atoms with Crippen molar-refractivity contribution in [2.24, 2.45) is 5.92 Å². The highest BCUT2D eigenvalue weighted by molar-refractivity contribution is 6.66. The summed E-state index contributed by atoms with van der Waals surface area (Å²) < 4.78 is 4.70. The summed E-state index contributed by atoms with van der Waals surface area (Å²) in [5.74, 6) is -0.213. The molecule has 2 saturated carbocycles. The lowest BCUT2D eigenvalue weighted by Crippen LogP contribution is -2.51. The van der Waals surface area contributed by atoms with E-state index in [0.29, 0.717) is 0 Å². The molecule has 2 aliphatic carbocycles. The molecule has 150 valence electrons. The number of hydrogen-bond acceptors (Lipinski definition) is 4. The molecule has 0 bridgehead atoms. The molecule has 1 aliphatic heterocycles. The molecular weight excluding hydrogens is 380 g/mol. The Morgan fingerprint density at radius 2 is 1.89 bits per heavy atom. The van der Waals surface area contributed by atoms with E-state index in [1.165, 1.54) is 7.11 Å². The molecule has 3 aliphatic rings. The van der Waals surface area contributed by atoms with Crippen molar-refractivity contribution >= 4 is 34.5 Å². The van der Waals surface area contributed by atoms with Gasteiger partial charge in [0.05, 0.1) is 25.3 Å². The van der Waals surface area contributed by atoms with Crippen LogP contribution < -0.4 is 4.90 Å². The molecule has 3 unspecified atom stereocenters. The monoisotopic (exact) mass is 404 g/mol. The fraction of sp³-hybridized carbons (Fsp3) is 0.571. The third kappa shape index (κ3) is 3.39. The molecule has 28 heavy (non-hydrogen) atoms. The number of anilines is 1. The number of rotatable bonds is 5. The fourth-order valence-corrected chi connectivity index (χ4v) is 5.20. The van der Waals surface area contributed by atoms with Crippen LogP contribution in [-0.2, 0) is 14.3 Å². The van der Waals surface area contributed by atoms with Gasteiger partial charge < -0.3 is 9.64 Å². The Bertz CT molecular complexity index is 794. The number of amides is 2. The molecule has 1 heterocycles. The maximum atomic E-state index is 13.2. The van der Waals surface area contributed by atoms with Crippen LogP contribution in [-0.4, -0.2) is 41.3 Å². The van der Waals surface area contributed by atoms with E-state index in [4.69, 9.17) is 16.3 Å². The van der Waals surface area contributed by atoms with Crippen molar-refractivity contribution in [2.45, 2.75) is 63.1 Å². The summed E-state index contributed by atoms with van der Waals surface area (Å²) in [7, 11) is 1.34. The molecule has 4 rings (SSSR count). The van der Waals surface area contributed by atoms with Crippen LogP contribution in [0.25, 0.3) is 0 Å². The van der Waals surface area contributed by atoms with E-state index in [1.54, 1.807) is 4.90 Å². The van der Waals surface area contributed by atoms with Gasteiger partial charge in [-0.1, -0.05) is 24.6 Å². The van der Waals surface area contributed by atoms with Gasteiger partial charge in [-0.15, -0.1) is 0 Å². The number of carbonyl (C=O) groups excluding carboxylic acids is 3. The molecule has 1 aromatic carbocycles. The lowest BCUT2D eigenvalue weighted by atomic mass is 9.81. The number of hydrogen-bond donors (Lipinski definition) is 0. The summed E-state index contributed by atoms with van der Waals surface area (Å²) in [6.45, 7) is 0. The van der Waals surface area contributed by atoms with Crippen LogP contribution in [0.1, 0.15) is 56.6 Å². The van der Waals surface area contributed by atoms with Crippen LogP contribution >= 0.6 is 11.6 Å². The van der Waals surface area contributed by atoms with Crippen molar-refractivity contribution in [1.82, 2.24) is 4.90 Å². The molecule has 7 heteroatoms. The molecule has 2 amide bonds. The molecule has 0 saturated heterocycles. The van der Waals surface area contributed by atoms with Crippen molar-refractivity contribution in [2.75, 3.05) is 12.0 Å². The van der Waals surface area contributed by atoms with Crippen molar-refractivity contribution < 1.29 is 19.1 Å². The average molecular weight is 405 g/mol. The molecule has 1 aromatic rings. The number of para-hydroxylation sites is 1. The summed E-state index contributed by atoms with van der Waals surface area (Å²) in [5, 5.41) is -0.460. The van der Waals surface area contributed by atoms with Gasteiger partial charge in [0.25, 0.3) is 0 Å². The van der Waals surface area contributed by atoms with Crippen LogP contribution in [0.5, 0.6) is 0 Å². The van der Waals surface area contributed by atoms with E-state index in [2.05, 4.69) is 0 Å². The molecule has 6 nitrogen and oxygen atoms in total. The zero-order valence-electron chi connectivity index (χ0n) is 16.0. The van der Waals surface area contributed by atoms with Crippen molar-refractivity contribution in [3.05, 3.63) is 29.8 Å². The van der Waals surface area contributed by atoms with E-state index in [9.17, 15) is 14.4 Å². The second-order valence-electron chi connectivity index (χ2n) is 7.90. The van der Waals surface area contributed by atoms with E-state index in [0.717, 1.165) is 43.4 Å². The summed E-state index contributed by atoms with van der Waals surface area (Å²) in [4.78, 5) is 40.7. The summed E-state index contributed by atoms with van der Waals surface area (Å²) in [6.07, 6.45) is 5.07. The first-order valence-electron chi connectivity index (χ1n) is 9.98. The predicted molar refractivity (Wildman–Crippen MR) is 105 cm³/mol. The van der Waals surface area contributed by atoms with Crippen LogP contribution in [0.15, 0.2) is 24.3 Å². The van der Waals surface area contributed by atoms with Gasteiger partial charge in [0.1, 0.15) is 0 Å². The molecule has 3 atom stereocenters. The minimum atomic E-state index is -0.460. The van der Waals surface area contributed by atoms with Crippen LogP contribution in [0.3, 0.4) is 0 Å². The lowest BCUT2D eigenvalue weighted by molar-refractivity contribution is -0.145.